The fourth-order valence-electron chi connectivity index (χ4n) is 1.50. The third kappa shape index (κ3) is 3.44. The van der Waals surface area contributed by atoms with E-state index in [1.165, 1.54) is 0 Å². The molecule has 19 heavy (non-hydrogen) atoms. The highest BCUT2D eigenvalue weighted by Crippen LogP contribution is 2.30. The second-order valence-corrected chi connectivity index (χ2v) is 3.80. The zero-order chi connectivity index (χ0) is 14.8. The predicted octanol–water partition coefficient (Wildman–Crippen LogP) is 1.49. The molecule has 0 aliphatic carbocycles. The Bertz CT molecular complexity index is 470. The Morgan fingerprint density at radius 2 is 1.47 bits per heavy atom. The quantitative estimate of drug-likeness (QED) is 0.724. The van der Waals surface area contributed by atoms with E-state index in [0.717, 1.165) is 24.3 Å². The van der Waals surface area contributed by atoms with Crippen molar-refractivity contribution < 1.29 is 33.0 Å². The first-order chi connectivity index (χ1) is 8.64. The Morgan fingerprint density at radius 1 is 1.05 bits per heavy atom. The van der Waals surface area contributed by atoms with Crippen molar-refractivity contribution in [1.82, 2.24) is 0 Å². The monoisotopic (exact) mass is 277 g/mol. The van der Waals surface area contributed by atoms with E-state index in [4.69, 9.17) is 15.9 Å². The number of aliphatic carboxylic acids is 2. The van der Waals surface area contributed by atoms with Gasteiger partial charge in [-0.1, -0.05) is 12.1 Å². The van der Waals surface area contributed by atoms with Crippen molar-refractivity contribution in [3.63, 3.8) is 0 Å². The van der Waals surface area contributed by atoms with Crippen LogP contribution in [0.2, 0.25) is 0 Å². The molecule has 0 saturated carbocycles. The first-order valence-corrected chi connectivity index (χ1v) is 5.03. The summed E-state index contributed by atoms with van der Waals surface area (Å²) in [6.45, 7) is 0. The van der Waals surface area contributed by atoms with Gasteiger partial charge in [0, 0.05) is 0 Å². The van der Waals surface area contributed by atoms with Gasteiger partial charge in [0.25, 0.3) is 0 Å². The molecule has 1 atom stereocenters. The molecule has 8 heteroatoms. The molecule has 0 fully saturated rings. The minimum Gasteiger partial charge on any atom is -0.481 e. The minimum absolute atomic E-state index is 0.00259. The first kappa shape index (κ1) is 15.0. The third-order valence-electron chi connectivity index (χ3n) is 2.51. The maximum atomic E-state index is 12.3. The molecule has 1 aromatic rings. The first-order valence-electron chi connectivity index (χ1n) is 5.03. The van der Waals surface area contributed by atoms with Crippen molar-refractivity contribution in [2.24, 2.45) is 11.7 Å². The lowest BCUT2D eigenvalue weighted by Crippen LogP contribution is -2.34. The van der Waals surface area contributed by atoms with E-state index in [1.807, 2.05) is 0 Å². The van der Waals surface area contributed by atoms with E-state index < -0.39 is 35.6 Å². The molecule has 0 bridgehead atoms. The van der Waals surface area contributed by atoms with Crippen LogP contribution in [0.25, 0.3) is 0 Å². The highest BCUT2D eigenvalue weighted by molar-refractivity contribution is 5.93. The number of carbonyl (C=O) groups is 2. The Morgan fingerprint density at radius 3 is 1.79 bits per heavy atom. The van der Waals surface area contributed by atoms with Gasteiger partial charge in [-0.05, 0) is 17.7 Å². The fraction of sp³-hybridized carbons (Fsp3) is 0.273. The molecule has 0 aliphatic rings. The van der Waals surface area contributed by atoms with Gasteiger partial charge in [-0.15, -0.1) is 0 Å². The van der Waals surface area contributed by atoms with E-state index in [-0.39, 0.29) is 5.56 Å². The van der Waals surface area contributed by atoms with E-state index in [2.05, 4.69) is 0 Å². The van der Waals surface area contributed by atoms with Crippen LogP contribution in [0.4, 0.5) is 13.2 Å². The van der Waals surface area contributed by atoms with E-state index in [0.29, 0.717) is 0 Å². The molecular weight excluding hydrogens is 267 g/mol. The second-order valence-electron chi connectivity index (χ2n) is 3.80. The van der Waals surface area contributed by atoms with Crippen molar-refractivity contribution >= 4 is 11.9 Å². The number of hydrogen-bond acceptors (Lipinski definition) is 3. The third-order valence-corrected chi connectivity index (χ3v) is 2.51. The number of hydrogen-bond donors (Lipinski definition) is 3. The van der Waals surface area contributed by atoms with Crippen LogP contribution in [-0.4, -0.2) is 22.2 Å². The topological polar surface area (TPSA) is 101 Å². The SMILES string of the molecule is NC(c1ccc(C(F)(F)F)cc1)C(C(=O)O)C(=O)O. The van der Waals surface area contributed by atoms with Crippen molar-refractivity contribution in [2.45, 2.75) is 12.2 Å². The lowest BCUT2D eigenvalue weighted by atomic mass is 9.93. The highest BCUT2D eigenvalue weighted by Gasteiger charge is 2.34. The van der Waals surface area contributed by atoms with Gasteiger partial charge in [0.15, 0.2) is 5.92 Å². The van der Waals surface area contributed by atoms with Crippen LogP contribution in [0.5, 0.6) is 0 Å². The summed E-state index contributed by atoms with van der Waals surface area (Å²) in [4.78, 5) is 21.5. The van der Waals surface area contributed by atoms with E-state index in [9.17, 15) is 22.8 Å². The zero-order valence-electron chi connectivity index (χ0n) is 9.39. The van der Waals surface area contributed by atoms with Crippen LogP contribution in [-0.2, 0) is 15.8 Å². The Kier molecular flexibility index (Phi) is 4.15. The van der Waals surface area contributed by atoms with Gasteiger partial charge in [0.2, 0.25) is 0 Å². The van der Waals surface area contributed by atoms with Gasteiger partial charge in [0.1, 0.15) is 0 Å². The van der Waals surface area contributed by atoms with Gasteiger partial charge in [0.05, 0.1) is 11.6 Å². The standard InChI is InChI=1S/C11H10F3NO4/c12-11(13,14)6-3-1-5(2-4-6)8(15)7(9(16)17)10(18)19/h1-4,7-8H,15H2,(H,16,17)(H,18,19). The predicted molar refractivity (Wildman–Crippen MR) is 57.1 cm³/mol. The Balaban J connectivity index is 3.03. The molecule has 0 radical (unpaired) electrons. The van der Waals surface area contributed by atoms with Crippen LogP contribution in [0, 0.1) is 5.92 Å². The lowest BCUT2D eigenvalue weighted by Gasteiger charge is -2.17. The van der Waals surface area contributed by atoms with Crippen molar-refractivity contribution in [1.29, 1.82) is 0 Å². The maximum Gasteiger partial charge on any atom is 0.416 e. The Hall–Kier alpha value is -2.09. The van der Waals surface area contributed by atoms with E-state index >= 15 is 0 Å². The van der Waals surface area contributed by atoms with Gasteiger partial charge in [-0.2, -0.15) is 13.2 Å². The molecule has 1 rings (SSSR count). The van der Waals surface area contributed by atoms with Crippen molar-refractivity contribution in [3.05, 3.63) is 35.4 Å². The van der Waals surface area contributed by atoms with Crippen LogP contribution in [0.3, 0.4) is 0 Å². The normalized spacial score (nSPS) is 13.3. The highest BCUT2D eigenvalue weighted by atomic mass is 19.4. The van der Waals surface area contributed by atoms with Gasteiger partial charge >= 0.3 is 18.1 Å². The molecule has 104 valence electrons. The largest absolute Gasteiger partial charge is 0.481 e. The number of carboxylic acid groups (broad SMARTS) is 2. The average molecular weight is 277 g/mol. The number of halogens is 3. The molecule has 0 spiro atoms. The number of carboxylic acids is 2. The molecule has 0 heterocycles. The molecular formula is C11H10F3NO4. The Labute approximate surface area is 105 Å². The smallest absolute Gasteiger partial charge is 0.416 e. The summed E-state index contributed by atoms with van der Waals surface area (Å²) < 4.78 is 36.9. The van der Waals surface area contributed by atoms with Gasteiger partial charge < -0.3 is 15.9 Å². The van der Waals surface area contributed by atoms with Gasteiger partial charge in [-0.25, -0.2) is 0 Å². The number of benzene rings is 1. The molecule has 1 unspecified atom stereocenters. The summed E-state index contributed by atoms with van der Waals surface area (Å²) in [6, 6.07) is 1.93. The average Bonchev–Trinajstić information content (AvgIpc) is 2.27. The molecule has 0 aromatic heterocycles. The fourth-order valence-corrected chi connectivity index (χ4v) is 1.50. The molecule has 0 saturated heterocycles. The number of nitrogens with two attached hydrogens (primary N) is 1. The molecule has 5 nitrogen and oxygen atoms in total. The van der Waals surface area contributed by atoms with Crippen LogP contribution in [0.1, 0.15) is 17.2 Å². The van der Waals surface area contributed by atoms with Crippen molar-refractivity contribution in [2.75, 3.05) is 0 Å². The van der Waals surface area contributed by atoms with Crippen molar-refractivity contribution in [3.8, 4) is 0 Å². The minimum atomic E-state index is -4.53. The second kappa shape index (κ2) is 5.27. The maximum absolute atomic E-state index is 12.3. The summed E-state index contributed by atoms with van der Waals surface area (Å²) in [5, 5.41) is 17.4. The molecule has 0 amide bonds. The lowest BCUT2D eigenvalue weighted by molar-refractivity contribution is -0.155. The summed E-state index contributed by atoms with van der Waals surface area (Å²) in [5.41, 5.74) is 4.53. The van der Waals surface area contributed by atoms with Gasteiger partial charge in [-0.3, -0.25) is 9.59 Å². The summed E-state index contributed by atoms with van der Waals surface area (Å²) >= 11 is 0. The summed E-state index contributed by atoms with van der Waals surface area (Å²) in [6.07, 6.45) is -4.53. The van der Waals surface area contributed by atoms with E-state index in [1.54, 1.807) is 0 Å². The van der Waals surface area contributed by atoms with Crippen LogP contribution < -0.4 is 5.73 Å². The summed E-state index contributed by atoms with van der Waals surface area (Å²) in [5.74, 6) is -5.23. The molecule has 4 N–H and O–H groups in total. The summed E-state index contributed by atoms with van der Waals surface area (Å²) in [7, 11) is 0. The van der Waals surface area contributed by atoms with Crippen LogP contribution in [0.15, 0.2) is 24.3 Å². The molecule has 0 aliphatic heterocycles. The van der Waals surface area contributed by atoms with Crippen LogP contribution >= 0.6 is 0 Å². The molecule has 1 aromatic carbocycles. The number of alkyl halides is 3. The zero-order valence-corrected chi connectivity index (χ0v) is 9.39. The number of rotatable bonds is 4.